The van der Waals surface area contributed by atoms with Crippen molar-refractivity contribution >= 4 is 11.7 Å². The Morgan fingerprint density at radius 2 is 1.67 bits per heavy atom. The lowest BCUT2D eigenvalue weighted by Gasteiger charge is -2.36. The summed E-state index contributed by atoms with van der Waals surface area (Å²) < 4.78 is 25.4. The van der Waals surface area contributed by atoms with Gasteiger partial charge in [0.2, 0.25) is 6.79 Å². The van der Waals surface area contributed by atoms with E-state index in [2.05, 4.69) is 4.90 Å². The van der Waals surface area contributed by atoms with Crippen molar-refractivity contribution in [3.8, 4) is 11.5 Å². The van der Waals surface area contributed by atoms with E-state index < -0.39 is 29.1 Å². The molecule has 0 bridgehead atoms. The Morgan fingerprint density at radius 3 is 2.39 bits per heavy atom. The highest BCUT2D eigenvalue weighted by atomic mass is 19.1. The molecule has 36 heavy (non-hydrogen) atoms. The van der Waals surface area contributed by atoms with E-state index in [1.54, 1.807) is 17.9 Å². The summed E-state index contributed by atoms with van der Waals surface area (Å²) in [6.07, 6.45) is 1.47. The van der Waals surface area contributed by atoms with Crippen molar-refractivity contribution in [3.05, 3.63) is 93.7 Å². The lowest BCUT2D eigenvalue weighted by atomic mass is 10.0. The molecule has 8 nitrogen and oxygen atoms in total. The van der Waals surface area contributed by atoms with E-state index in [1.807, 2.05) is 18.2 Å². The average Bonchev–Trinajstić information content (AvgIpc) is 3.34. The van der Waals surface area contributed by atoms with Crippen LogP contribution in [0.5, 0.6) is 11.5 Å². The predicted molar refractivity (Wildman–Crippen MR) is 130 cm³/mol. The first-order valence-corrected chi connectivity index (χ1v) is 11.8. The number of rotatable bonds is 6. The fourth-order valence-electron chi connectivity index (χ4n) is 4.53. The van der Waals surface area contributed by atoms with E-state index in [1.165, 1.54) is 41.1 Å². The van der Waals surface area contributed by atoms with Gasteiger partial charge in [-0.25, -0.2) is 4.39 Å². The van der Waals surface area contributed by atoms with Crippen molar-refractivity contribution in [3.63, 3.8) is 0 Å². The molecule has 2 aliphatic heterocycles. The number of amides is 1. The topological polar surface area (TPSA) is 81.1 Å². The van der Waals surface area contributed by atoms with Crippen LogP contribution in [0.25, 0.3) is 0 Å². The number of aromatic nitrogens is 1. The second-order valence-corrected chi connectivity index (χ2v) is 9.01. The first kappa shape index (κ1) is 23.7. The molecular weight excluding hydrogens is 465 g/mol. The molecule has 0 spiro atoms. The van der Waals surface area contributed by atoms with Gasteiger partial charge in [0, 0.05) is 50.6 Å². The monoisotopic (exact) mass is 491 g/mol. The molecule has 9 heteroatoms. The fraction of sp³-hybridized carbons (Fsp3) is 0.296. The summed E-state index contributed by atoms with van der Waals surface area (Å²) in [4.78, 5) is 43.6. The molecule has 1 fully saturated rings. The molecule has 186 valence electrons. The number of benzene rings is 2. The van der Waals surface area contributed by atoms with Gasteiger partial charge in [-0.1, -0.05) is 6.07 Å². The van der Waals surface area contributed by atoms with Gasteiger partial charge in [-0.05, 0) is 60.5 Å². The van der Waals surface area contributed by atoms with Crippen molar-refractivity contribution in [2.24, 2.45) is 0 Å². The maximum absolute atomic E-state index is 13.6. The first-order valence-electron chi connectivity index (χ1n) is 11.8. The minimum absolute atomic E-state index is 0.170. The van der Waals surface area contributed by atoms with Crippen molar-refractivity contribution in [2.45, 2.75) is 19.5 Å². The molecule has 0 N–H and O–H groups in total. The molecule has 1 amide bonds. The van der Waals surface area contributed by atoms with Gasteiger partial charge in [-0.3, -0.25) is 23.9 Å². The summed E-state index contributed by atoms with van der Waals surface area (Å²) in [5.74, 6) is -0.0170. The first-order chi connectivity index (χ1) is 17.4. The molecule has 0 aliphatic carbocycles. The van der Waals surface area contributed by atoms with Crippen molar-refractivity contribution in [1.29, 1.82) is 0 Å². The average molecular weight is 492 g/mol. The lowest BCUT2D eigenvalue weighted by molar-refractivity contribution is -0.135. The number of pyridine rings is 1. The minimum atomic E-state index is -1.36. The Bertz CT molecular complexity index is 1350. The summed E-state index contributed by atoms with van der Waals surface area (Å²) in [6, 6.07) is 12.6. The zero-order valence-corrected chi connectivity index (χ0v) is 19.9. The Hall–Kier alpha value is -3.98. The minimum Gasteiger partial charge on any atom is -0.454 e. The Morgan fingerprint density at radius 1 is 0.944 bits per heavy atom. The fourth-order valence-corrected chi connectivity index (χ4v) is 4.53. The number of fused-ring (bicyclic) bond motifs is 1. The third-order valence-electron chi connectivity index (χ3n) is 6.52. The van der Waals surface area contributed by atoms with Crippen LogP contribution >= 0.6 is 0 Å². The predicted octanol–water partition coefficient (Wildman–Crippen LogP) is 2.79. The summed E-state index contributed by atoms with van der Waals surface area (Å²) in [7, 11) is 0. The largest absolute Gasteiger partial charge is 0.454 e. The van der Waals surface area contributed by atoms with E-state index in [4.69, 9.17) is 9.47 Å². The number of halogens is 1. The van der Waals surface area contributed by atoms with Gasteiger partial charge in [0.15, 0.2) is 23.3 Å². The van der Waals surface area contributed by atoms with E-state index in [9.17, 15) is 18.8 Å². The normalized spacial score (nSPS) is 16.1. The molecular formula is C27H26FN3O5. The van der Waals surface area contributed by atoms with Gasteiger partial charge in [-0.15, -0.1) is 0 Å². The zero-order valence-electron chi connectivity index (χ0n) is 19.9. The SMILES string of the molecule is Cc1ccn([C@@H](C(=O)c2ccc(F)cc2)C(=O)N2CCN(Cc3ccc4c(c3)OCO4)CC2)c(=O)c1. The number of Topliss-reactive ketones (excluding diaryl/α,β-unsaturated/α-hetero) is 1. The van der Waals surface area contributed by atoms with Crippen LogP contribution in [0.2, 0.25) is 0 Å². The Balaban J connectivity index is 1.32. The van der Waals surface area contributed by atoms with Crippen molar-refractivity contribution in [1.82, 2.24) is 14.4 Å². The van der Waals surface area contributed by atoms with Gasteiger partial charge in [0.1, 0.15) is 5.82 Å². The Kier molecular flexibility index (Phi) is 6.56. The van der Waals surface area contributed by atoms with Crippen LogP contribution in [0.3, 0.4) is 0 Å². The molecule has 3 aromatic rings. The van der Waals surface area contributed by atoms with Gasteiger partial charge in [-0.2, -0.15) is 0 Å². The number of aryl methyl sites for hydroxylation is 1. The summed E-state index contributed by atoms with van der Waals surface area (Å²) in [6.45, 7) is 4.73. The third-order valence-corrected chi connectivity index (χ3v) is 6.52. The maximum atomic E-state index is 13.6. The molecule has 1 saturated heterocycles. The molecule has 5 rings (SSSR count). The summed E-state index contributed by atoms with van der Waals surface area (Å²) in [5.41, 5.74) is 1.54. The number of carbonyl (C=O) groups excluding carboxylic acids is 2. The highest BCUT2D eigenvalue weighted by Gasteiger charge is 2.35. The van der Waals surface area contributed by atoms with Gasteiger partial charge in [0.05, 0.1) is 0 Å². The van der Waals surface area contributed by atoms with E-state index in [0.29, 0.717) is 32.7 Å². The lowest BCUT2D eigenvalue weighted by Crippen LogP contribution is -2.52. The zero-order chi connectivity index (χ0) is 25.2. The van der Waals surface area contributed by atoms with E-state index in [0.717, 1.165) is 22.6 Å². The number of hydrogen-bond donors (Lipinski definition) is 0. The number of carbonyl (C=O) groups is 2. The quantitative estimate of drug-likeness (QED) is 0.390. The van der Waals surface area contributed by atoms with Gasteiger partial charge >= 0.3 is 0 Å². The molecule has 0 saturated carbocycles. The number of piperazine rings is 1. The standard InChI is InChI=1S/C27H26FN3O5/c1-18-8-9-31(24(32)14-18)25(26(33)20-3-5-21(28)6-4-20)27(34)30-12-10-29(11-13-30)16-19-2-7-22-23(15-19)36-17-35-22/h2-9,14-15,25H,10-13,16-17H2,1H3/t25-/m0/s1. The maximum Gasteiger partial charge on any atom is 0.253 e. The van der Waals surface area contributed by atoms with Crippen molar-refractivity contribution < 1.29 is 23.5 Å². The second kappa shape index (κ2) is 9.94. The van der Waals surface area contributed by atoms with E-state index >= 15 is 0 Å². The number of nitrogens with zero attached hydrogens (tertiary/aromatic N) is 3. The number of ether oxygens (including phenoxy) is 2. The molecule has 0 unspecified atom stereocenters. The van der Waals surface area contributed by atoms with Crippen LogP contribution in [0.4, 0.5) is 4.39 Å². The summed E-state index contributed by atoms with van der Waals surface area (Å²) >= 11 is 0. The highest BCUT2D eigenvalue weighted by Crippen LogP contribution is 2.33. The molecule has 3 heterocycles. The van der Waals surface area contributed by atoms with Crippen LogP contribution < -0.4 is 15.0 Å². The molecule has 2 aliphatic rings. The van der Waals surface area contributed by atoms with Gasteiger partial charge in [0.25, 0.3) is 11.5 Å². The molecule has 2 aromatic carbocycles. The van der Waals surface area contributed by atoms with Crippen LogP contribution in [0.15, 0.2) is 65.6 Å². The third kappa shape index (κ3) is 4.87. The van der Waals surface area contributed by atoms with E-state index in [-0.39, 0.29) is 12.4 Å². The van der Waals surface area contributed by atoms with Crippen molar-refractivity contribution in [2.75, 3.05) is 33.0 Å². The number of hydrogen-bond acceptors (Lipinski definition) is 6. The van der Waals surface area contributed by atoms with Crippen LogP contribution in [-0.4, -0.2) is 59.0 Å². The van der Waals surface area contributed by atoms with Crippen LogP contribution in [0.1, 0.15) is 27.5 Å². The van der Waals surface area contributed by atoms with Gasteiger partial charge < -0.3 is 14.4 Å². The van der Waals surface area contributed by atoms with Crippen LogP contribution in [-0.2, 0) is 11.3 Å². The smallest absolute Gasteiger partial charge is 0.253 e. The molecule has 0 radical (unpaired) electrons. The number of ketones is 1. The van der Waals surface area contributed by atoms with Crippen LogP contribution in [0, 0.1) is 12.7 Å². The highest BCUT2D eigenvalue weighted by molar-refractivity contribution is 6.11. The second-order valence-electron chi connectivity index (χ2n) is 9.01. The molecule has 1 aromatic heterocycles. The summed E-state index contributed by atoms with van der Waals surface area (Å²) in [5, 5.41) is 0. The Labute approximate surface area is 207 Å². The molecule has 1 atom stereocenters.